The van der Waals surface area contributed by atoms with Gasteiger partial charge in [-0.25, -0.2) is 8.42 Å². The van der Waals surface area contributed by atoms with Gasteiger partial charge in [-0.05, 0) is 74.6 Å². The molecule has 3 rings (SSSR count). The number of anilines is 1. The lowest BCUT2D eigenvalue weighted by molar-refractivity contribution is -0.139. The number of nitrogens with zero attached hydrogens (tertiary/aromatic N) is 2. The molecule has 0 saturated heterocycles. The summed E-state index contributed by atoms with van der Waals surface area (Å²) in [5.74, 6) is -0.578. The molecule has 0 unspecified atom stereocenters. The highest BCUT2D eigenvalue weighted by Gasteiger charge is 2.33. The second-order valence-corrected chi connectivity index (χ2v) is 12.7. The van der Waals surface area contributed by atoms with Gasteiger partial charge in [-0.1, -0.05) is 73.5 Å². The molecule has 0 aromatic heterocycles. The molecule has 0 radical (unpaired) electrons. The molecule has 214 valence electrons. The maximum Gasteiger partial charge on any atom is 0.264 e. The molecule has 0 bridgehead atoms. The van der Waals surface area contributed by atoms with Crippen molar-refractivity contribution < 1.29 is 18.0 Å². The van der Waals surface area contributed by atoms with Crippen LogP contribution in [0.2, 0.25) is 5.02 Å². The van der Waals surface area contributed by atoms with Crippen molar-refractivity contribution >= 4 is 39.1 Å². The number of carbonyl (C=O) groups is 2. The van der Waals surface area contributed by atoms with E-state index in [9.17, 15) is 18.0 Å². The normalized spacial score (nSPS) is 12.2. The minimum atomic E-state index is -4.16. The van der Waals surface area contributed by atoms with E-state index in [2.05, 4.69) is 5.32 Å². The number of amides is 2. The lowest BCUT2D eigenvalue weighted by Gasteiger charge is -2.33. The van der Waals surface area contributed by atoms with Gasteiger partial charge in [0.05, 0.1) is 10.6 Å². The van der Waals surface area contributed by atoms with Gasteiger partial charge in [0, 0.05) is 18.1 Å². The standard InChI is InChI=1S/C31H38ClN3O4S/c1-21(2)18-33-31(37)25(6)34(19-26-11-8-7-10-23(26)4)30(36)20-35(29-13-9-12-28(32)24(29)5)40(38,39)27-16-14-22(3)15-17-27/h7-17,21,25H,18-20H2,1-6H3,(H,33,37)/t25-/m0/s1. The van der Waals surface area contributed by atoms with Gasteiger partial charge < -0.3 is 10.2 Å². The van der Waals surface area contributed by atoms with Gasteiger partial charge in [-0.3, -0.25) is 13.9 Å². The third kappa shape index (κ3) is 7.43. The number of aryl methyl sites for hydroxylation is 2. The van der Waals surface area contributed by atoms with E-state index in [1.165, 1.54) is 17.0 Å². The highest BCUT2D eigenvalue weighted by atomic mass is 35.5. The fraction of sp³-hybridized carbons (Fsp3) is 0.355. The number of rotatable bonds is 11. The fourth-order valence-corrected chi connectivity index (χ4v) is 5.86. The Morgan fingerprint density at radius 1 is 0.900 bits per heavy atom. The van der Waals surface area contributed by atoms with Crippen LogP contribution in [0.5, 0.6) is 0 Å². The van der Waals surface area contributed by atoms with Gasteiger partial charge >= 0.3 is 0 Å². The Hall–Kier alpha value is -3.36. The fourth-order valence-electron chi connectivity index (χ4n) is 4.22. The van der Waals surface area contributed by atoms with Crippen LogP contribution in [0.15, 0.2) is 71.6 Å². The number of nitrogens with one attached hydrogen (secondary N) is 1. The van der Waals surface area contributed by atoms with Crippen molar-refractivity contribution in [2.75, 3.05) is 17.4 Å². The molecule has 0 fully saturated rings. The summed E-state index contributed by atoms with van der Waals surface area (Å²) in [6.07, 6.45) is 0. The summed E-state index contributed by atoms with van der Waals surface area (Å²) in [4.78, 5) is 28.7. The molecule has 0 aliphatic rings. The van der Waals surface area contributed by atoms with Crippen LogP contribution in [0, 0.1) is 26.7 Å². The van der Waals surface area contributed by atoms with Crippen LogP contribution in [-0.4, -0.2) is 44.3 Å². The molecule has 0 spiro atoms. The summed E-state index contributed by atoms with van der Waals surface area (Å²) in [6.45, 7) is 11.3. The molecule has 2 amide bonds. The number of sulfonamides is 1. The van der Waals surface area contributed by atoms with Gasteiger partial charge in [0.15, 0.2) is 0 Å². The summed E-state index contributed by atoms with van der Waals surface area (Å²) in [7, 11) is -4.16. The quantitative estimate of drug-likeness (QED) is 0.316. The van der Waals surface area contributed by atoms with Crippen molar-refractivity contribution in [3.63, 3.8) is 0 Å². The monoisotopic (exact) mass is 583 g/mol. The molecule has 0 aliphatic carbocycles. The van der Waals surface area contributed by atoms with Crippen molar-refractivity contribution in [1.82, 2.24) is 10.2 Å². The van der Waals surface area contributed by atoms with Gasteiger partial charge in [-0.2, -0.15) is 0 Å². The molecule has 7 nitrogen and oxygen atoms in total. The Balaban J connectivity index is 2.07. The molecule has 9 heteroatoms. The van der Waals surface area contributed by atoms with Crippen LogP contribution in [0.4, 0.5) is 5.69 Å². The van der Waals surface area contributed by atoms with E-state index in [0.29, 0.717) is 22.8 Å². The van der Waals surface area contributed by atoms with E-state index in [4.69, 9.17) is 11.6 Å². The minimum Gasteiger partial charge on any atom is -0.354 e. The second-order valence-electron chi connectivity index (χ2n) is 10.5. The van der Waals surface area contributed by atoms with Crippen LogP contribution in [0.1, 0.15) is 43.0 Å². The van der Waals surface area contributed by atoms with Crippen molar-refractivity contribution in [1.29, 1.82) is 0 Å². The lowest BCUT2D eigenvalue weighted by atomic mass is 10.1. The van der Waals surface area contributed by atoms with E-state index >= 15 is 0 Å². The summed E-state index contributed by atoms with van der Waals surface area (Å²) in [5, 5.41) is 3.28. The predicted molar refractivity (Wildman–Crippen MR) is 161 cm³/mol. The second kappa shape index (κ2) is 13.3. The highest BCUT2D eigenvalue weighted by molar-refractivity contribution is 7.92. The van der Waals surface area contributed by atoms with Gasteiger partial charge in [0.1, 0.15) is 12.6 Å². The predicted octanol–water partition coefficient (Wildman–Crippen LogP) is 5.65. The molecule has 1 N–H and O–H groups in total. The third-order valence-electron chi connectivity index (χ3n) is 6.85. The first-order valence-electron chi connectivity index (χ1n) is 13.3. The zero-order chi connectivity index (χ0) is 29.6. The summed E-state index contributed by atoms with van der Waals surface area (Å²) >= 11 is 6.38. The van der Waals surface area contributed by atoms with Gasteiger partial charge in [0.2, 0.25) is 11.8 Å². The Morgan fingerprint density at radius 3 is 2.17 bits per heavy atom. The molecular formula is C31H38ClN3O4S. The number of hydrogen-bond donors (Lipinski definition) is 1. The van der Waals surface area contributed by atoms with E-state index in [-0.39, 0.29) is 23.3 Å². The summed E-state index contributed by atoms with van der Waals surface area (Å²) < 4.78 is 29.1. The molecule has 40 heavy (non-hydrogen) atoms. The molecule has 0 heterocycles. The van der Waals surface area contributed by atoms with E-state index in [1.807, 2.05) is 52.0 Å². The smallest absolute Gasteiger partial charge is 0.264 e. The third-order valence-corrected chi connectivity index (χ3v) is 9.03. The molecule has 3 aromatic rings. The highest BCUT2D eigenvalue weighted by Crippen LogP contribution is 2.31. The van der Waals surface area contributed by atoms with Crippen molar-refractivity contribution in [3.05, 3.63) is 94.0 Å². The van der Waals surface area contributed by atoms with Crippen molar-refractivity contribution in [2.45, 2.75) is 59.0 Å². The zero-order valence-corrected chi connectivity index (χ0v) is 25.5. The molecule has 0 saturated carbocycles. The average Bonchev–Trinajstić information content (AvgIpc) is 2.91. The first-order chi connectivity index (χ1) is 18.8. The molecule has 0 aliphatic heterocycles. The first-order valence-corrected chi connectivity index (χ1v) is 15.1. The van der Waals surface area contributed by atoms with Crippen LogP contribution >= 0.6 is 11.6 Å². The lowest BCUT2D eigenvalue weighted by Crippen LogP contribution is -2.51. The molecule has 1 atom stereocenters. The van der Waals surface area contributed by atoms with Crippen molar-refractivity contribution in [3.8, 4) is 0 Å². The van der Waals surface area contributed by atoms with Crippen LogP contribution in [0.3, 0.4) is 0 Å². The SMILES string of the molecule is Cc1ccc(S(=O)(=O)N(CC(=O)N(Cc2ccccc2C)[C@@H](C)C(=O)NCC(C)C)c2cccc(Cl)c2C)cc1. The number of carbonyl (C=O) groups excluding carboxylic acids is 2. The van der Waals surface area contributed by atoms with E-state index < -0.39 is 28.5 Å². The maximum atomic E-state index is 14.1. The number of hydrogen-bond acceptors (Lipinski definition) is 4. The van der Waals surface area contributed by atoms with E-state index in [0.717, 1.165) is 21.0 Å². The summed E-state index contributed by atoms with van der Waals surface area (Å²) in [6, 6.07) is 18.2. The van der Waals surface area contributed by atoms with Crippen LogP contribution in [-0.2, 0) is 26.2 Å². The van der Waals surface area contributed by atoms with Gasteiger partial charge in [0.25, 0.3) is 10.0 Å². The van der Waals surface area contributed by atoms with Gasteiger partial charge in [-0.15, -0.1) is 0 Å². The Morgan fingerprint density at radius 2 is 1.55 bits per heavy atom. The maximum absolute atomic E-state index is 14.1. The van der Waals surface area contributed by atoms with Crippen LogP contribution in [0.25, 0.3) is 0 Å². The Bertz CT molecular complexity index is 1460. The topological polar surface area (TPSA) is 86.8 Å². The van der Waals surface area contributed by atoms with Crippen LogP contribution < -0.4 is 9.62 Å². The van der Waals surface area contributed by atoms with Crippen molar-refractivity contribution in [2.24, 2.45) is 5.92 Å². The summed E-state index contributed by atoms with van der Waals surface area (Å²) in [5.41, 5.74) is 3.57. The zero-order valence-electron chi connectivity index (χ0n) is 23.9. The van der Waals surface area contributed by atoms with E-state index in [1.54, 1.807) is 44.2 Å². The Labute approximate surface area is 243 Å². The largest absolute Gasteiger partial charge is 0.354 e. The number of halogens is 1. The average molecular weight is 584 g/mol. The number of benzene rings is 3. The minimum absolute atomic E-state index is 0.0541. The molecular weight excluding hydrogens is 546 g/mol. The molecule has 3 aromatic carbocycles. The first kappa shape index (κ1) is 31.2. The Kier molecular flexibility index (Phi) is 10.4.